The van der Waals surface area contributed by atoms with E-state index in [9.17, 15) is 29.7 Å². The van der Waals surface area contributed by atoms with Gasteiger partial charge in [0.1, 0.15) is 28.7 Å². The van der Waals surface area contributed by atoms with E-state index in [0.29, 0.717) is 63.1 Å². The molecule has 15 nitrogen and oxygen atoms in total. The molecule has 0 aromatic carbocycles. The lowest BCUT2D eigenvalue weighted by Gasteiger charge is -2.08. The van der Waals surface area contributed by atoms with E-state index in [1.807, 2.05) is 0 Å². The van der Waals surface area contributed by atoms with Gasteiger partial charge in [0, 0.05) is 23.5 Å². The summed E-state index contributed by atoms with van der Waals surface area (Å²) in [5, 5.41) is 38.1. The van der Waals surface area contributed by atoms with E-state index in [-0.39, 0.29) is 54.2 Å². The minimum atomic E-state index is -0.704. The molecule has 7 aromatic rings. The van der Waals surface area contributed by atoms with Crippen LogP contribution in [0.5, 0.6) is 11.5 Å². The molecule has 7 aromatic heterocycles. The molecule has 0 aliphatic rings. The van der Waals surface area contributed by atoms with Crippen LogP contribution in [0, 0.1) is 13.8 Å². The van der Waals surface area contributed by atoms with Crippen molar-refractivity contribution < 1.29 is 52.5 Å². The van der Waals surface area contributed by atoms with Crippen LogP contribution in [0.15, 0.2) is 104 Å². The van der Waals surface area contributed by atoms with Crippen molar-refractivity contribution in [3.63, 3.8) is 0 Å². The molecule has 0 radical (unpaired) electrons. The normalized spacial score (nSPS) is 10.3. The van der Waals surface area contributed by atoms with Crippen LogP contribution in [-0.4, -0.2) is 58.2 Å². The van der Waals surface area contributed by atoms with Gasteiger partial charge in [-0.15, -0.1) is 12.4 Å². The van der Waals surface area contributed by atoms with Gasteiger partial charge in [-0.25, -0.2) is 4.98 Å². The van der Waals surface area contributed by atoms with Crippen LogP contribution < -0.4 is 0 Å². The number of pyridine rings is 2. The molecule has 0 saturated heterocycles. The molecule has 0 unspecified atom stereocenters. The molecule has 16 heteroatoms. The predicted molar refractivity (Wildman–Crippen MR) is 185 cm³/mol. The van der Waals surface area contributed by atoms with E-state index < -0.39 is 11.6 Å². The maximum absolute atomic E-state index is 11.4. The maximum Gasteiger partial charge on any atom is 0.271 e. The Balaban J connectivity index is 0.000000190. The molecule has 7 heterocycles. The number of aromatic amines is 1. The third-order valence-electron chi connectivity index (χ3n) is 7.29. The number of aromatic nitrogens is 4. The number of H-pyrrole nitrogens is 1. The minimum absolute atomic E-state index is 0. The molecule has 0 aliphatic carbocycles. The Hall–Kier alpha value is -6.55. The third-order valence-corrected chi connectivity index (χ3v) is 7.29. The third kappa shape index (κ3) is 8.24. The monoisotopic (exact) mass is 730 g/mol. The van der Waals surface area contributed by atoms with Gasteiger partial charge >= 0.3 is 0 Å². The predicted octanol–water partition coefficient (Wildman–Crippen LogP) is 6.26. The van der Waals surface area contributed by atoms with Crippen LogP contribution >= 0.6 is 12.4 Å². The van der Waals surface area contributed by atoms with Gasteiger partial charge in [-0.1, -0.05) is 0 Å². The number of aliphatic hydroxyl groups excluding tert-OH is 2. The highest BCUT2D eigenvalue weighted by Gasteiger charge is 2.24. The van der Waals surface area contributed by atoms with Crippen LogP contribution in [0.1, 0.15) is 54.0 Å². The summed E-state index contributed by atoms with van der Waals surface area (Å²) in [6, 6.07) is 13.1. The number of rotatable bonds is 9. The molecule has 52 heavy (non-hydrogen) atoms. The molecule has 0 bridgehead atoms. The van der Waals surface area contributed by atoms with Gasteiger partial charge in [-0.3, -0.25) is 24.4 Å². The van der Waals surface area contributed by atoms with Gasteiger partial charge in [-0.05, 0) is 62.4 Å². The molecule has 0 spiro atoms. The zero-order valence-electron chi connectivity index (χ0n) is 27.5. The molecule has 0 saturated carbocycles. The zero-order valence-corrected chi connectivity index (χ0v) is 28.3. The van der Waals surface area contributed by atoms with E-state index in [2.05, 4.69) is 19.9 Å². The van der Waals surface area contributed by atoms with E-state index in [4.69, 9.17) is 22.8 Å². The number of hydrogen-bond acceptors (Lipinski definition) is 14. The molecule has 5 N–H and O–H groups in total. The first kappa shape index (κ1) is 38.3. The van der Waals surface area contributed by atoms with Crippen LogP contribution in [-0.2, 0) is 13.2 Å². The Labute approximate surface area is 300 Å². The zero-order chi connectivity index (χ0) is 36.5. The van der Waals surface area contributed by atoms with E-state index in [1.54, 1.807) is 62.8 Å². The van der Waals surface area contributed by atoms with E-state index in [0.717, 1.165) is 0 Å². The van der Waals surface area contributed by atoms with Gasteiger partial charge in [0.25, 0.3) is 11.6 Å². The highest BCUT2D eigenvalue weighted by molar-refractivity contribution is 6.47. The molecule has 0 atom stereocenters. The number of hydrogen-bond donors (Lipinski definition) is 5. The molecule has 268 valence electrons. The average molecular weight is 731 g/mol. The second kappa shape index (κ2) is 17.4. The van der Waals surface area contributed by atoms with Crippen LogP contribution in [0.2, 0.25) is 0 Å². The first-order chi connectivity index (χ1) is 24.7. The highest BCUT2D eigenvalue weighted by Crippen LogP contribution is 2.38. The van der Waals surface area contributed by atoms with Gasteiger partial charge in [0.15, 0.2) is 29.3 Å². The second-order valence-electron chi connectivity index (χ2n) is 10.5. The molecule has 7 rings (SSSR count). The van der Waals surface area contributed by atoms with Crippen molar-refractivity contribution in [3.05, 3.63) is 126 Å². The van der Waals surface area contributed by atoms with Crippen molar-refractivity contribution in [3.8, 4) is 45.8 Å². The molecule has 0 amide bonds. The molecular formula is C36H31ClN4O11. The lowest BCUT2D eigenvalue weighted by atomic mass is 10.1. The topological polar surface area (TPSA) is 239 Å². The number of halogens is 1. The standard InChI is InChI=1S/C18H15N3O4.C10H6O4.C8H9NO3.ClH/c1-10-17(23)14(11(9-22)8-19-10)18-20-15(12-4-2-6-24-12)16(21-18)13-5-3-7-25-13;11-9(7-3-1-5-13-7)10(12)8-4-2-6-14-8;1-5-8(12)7(4-11)6(3-10)2-9-5;/h2-8,22-23H,9H2,1H3,(H,20,21);1-6H;2,4,10,12H,3H2,1H3;1H. The average Bonchev–Trinajstić information content (AvgIpc) is 3.99. The summed E-state index contributed by atoms with van der Waals surface area (Å²) in [6.45, 7) is 2.70. The SMILES string of the molecule is Cc1ncc(CO)c(-c2nc(-c3ccco3)c(-c3ccco3)[nH]2)c1O.Cc1ncc(CO)c(C=O)c1O.Cl.O=C(C(=O)c1ccco1)c1ccco1. The molecule has 0 fully saturated rings. The van der Waals surface area contributed by atoms with Gasteiger partial charge in [0.05, 0.1) is 60.8 Å². The van der Waals surface area contributed by atoms with Crippen molar-refractivity contribution in [2.75, 3.05) is 0 Å². The molecular weight excluding hydrogens is 700 g/mol. The van der Waals surface area contributed by atoms with Crippen molar-refractivity contribution in [2.24, 2.45) is 0 Å². The quantitative estimate of drug-likeness (QED) is 0.0626. The van der Waals surface area contributed by atoms with E-state index >= 15 is 0 Å². The summed E-state index contributed by atoms with van der Waals surface area (Å²) >= 11 is 0. The van der Waals surface area contributed by atoms with Gasteiger partial charge < -0.3 is 43.1 Å². The summed E-state index contributed by atoms with van der Waals surface area (Å²) in [6.07, 6.45) is 9.20. The summed E-state index contributed by atoms with van der Waals surface area (Å²) in [5.41, 5.74) is 3.32. The highest BCUT2D eigenvalue weighted by atomic mass is 35.5. The Kier molecular flexibility index (Phi) is 12.8. The Morgan fingerprint density at radius 2 is 1.23 bits per heavy atom. The van der Waals surface area contributed by atoms with Crippen molar-refractivity contribution >= 4 is 30.3 Å². The fourth-order valence-electron chi connectivity index (χ4n) is 4.65. The number of nitrogens with one attached hydrogen (secondary N) is 1. The number of Topliss-reactive ketones (excluding diaryl/α,β-unsaturated/α-hetero) is 2. The van der Waals surface area contributed by atoms with Crippen molar-refractivity contribution in [1.29, 1.82) is 0 Å². The number of furan rings is 4. The molecule has 0 aliphatic heterocycles. The smallest absolute Gasteiger partial charge is 0.271 e. The van der Waals surface area contributed by atoms with Gasteiger partial charge in [-0.2, -0.15) is 0 Å². The first-order valence-electron chi connectivity index (χ1n) is 15.0. The summed E-state index contributed by atoms with van der Waals surface area (Å²) in [5.74, 6) is -0.0166. The number of aldehydes is 1. The number of imidazole rings is 1. The lowest BCUT2D eigenvalue weighted by molar-refractivity contribution is 0.0785. The Morgan fingerprint density at radius 1 is 0.731 bits per heavy atom. The van der Waals surface area contributed by atoms with Gasteiger partial charge in [0.2, 0.25) is 0 Å². The minimum Gasteiger partial charge on any atom is -0.505 e. The number of aryl methyl sites for hydroxylation is 2. The van der Waals surface area contributed by atoms with Crippen molar-refractivity contribution in [1.82, 2.24) is 19.9 Å². The number of ketones is 2. The number of aliphatic hydroxyl groups is 2. The number of carbonyl (C=O) groups excluding carboxylic acids is 3. The Bertz CT molecular complexity index is 2130. The summed E-state index contributed by atoms with van der Waals surface area (Å²) in [4.78, 5) is 48.9. The Morgan fingerprint density at radius 3 is 1.71 bits per heavy atom. The fraction of sp³-hybridized carbons (Fsp3) is 0.111. The second-order valence-corrected chi connectivity index (χ2v) is 10.5. The van der Waals surface area contributed by atoms with Crippen LogP contribution in [0.3, 0.4) is 0 Å². The number of aromatic hydroxyl groups is 2. The number of carbonyl (C=O) groups is 3. The lowest BCUT2D eigenvalue weighted by Crippen LogP contribution is -2.12. The van der Waals surface area contributed by atoms with Crippen molar-refractivity contribution in [2.45, 2.75) is 27.1 Å². The van der Waals surface area contributed by atoms with E-state index in [1.165, 1.54) is 37.1 Å². The fourth-order valence-corrected chi connectivity index (χ4v) is 4.65. The first-order valence-corrected chi connectivity index (χ1v) is 15.0. The summed E-state index contributed by atoms with van der Waals surface area (Å²) < 4.78 is 20.6. The van der Waals surface area contributed by atoms with Crippen LogP contribution in [0.25, 0.3) is 34.3 Å². The van der Waals surface area contributed by atoms with Crippen LogP contribution in [0.4, 0.5) is 0 Å². The maximum atomic E-state index is 11.4. The number of nitrogens with zero attached hydrogens (tertiary/aromatic N) is 3. The largest absolute Gasteiger partial charge is 0.505 e. The summed E-state index contributed by atoms with van der Waals surface area (Å²) in [7, 11) is 0.